The van der Waals surface area contributed by atoms with Gasteiger partial charge in [-0.25, -0.2) is 12.8 Å². The van der Waals surface area contributed by atoms with Gasteiger partial charge >= 0.3 is 5.97 Å². The molecule has 6 nitrogen and oxygen atoms in total. The zero-order valence-electron chi connectivity index (χ0n) is 23.6. The Balaban J connectivity index is 1.54. The lowest BCUT2D eigenvalue weighted by Gasteiger charge is -2.36. The Kier molecular flexibility index (Phi) is 8.03. The van der Waals surface area contributed by atoms with Gasteiger partial charge < -0.3 is 9.52 Å². The van der Waals surface area contributed by atoms with Crippen LogP contribution in [0.25, 0.3) is 16.5 Å². The molecule has 6 rings (SSSR count). The van der Waals surface area contributed by atoms with Crippen LogP contribution in [0.2, 0.25) is 0 Å². The fourth-order valence-corrected chi connectivity index (χ4v) is 7.66. The number of carboxylic acid groups (broad SMARTS) is 1. The maximum atomic E-state index is 17.1. The zero-order valence-corrected chi connectivity index (χ0v) is 24.5. The molecule has 3 unspecified atom stereocenters. The van der Waals surface area contributed by atoms with Crippen molar-refractivity contribution in [3.8, 4) is 0 Å². The van der Waals surface area contributed by atoms with Crippen molar-refractivity contribution < 1.29 is 27.1 Å². The van der Waals surface area contributed by atoms with Crippen LogP contribution >= 0.6 is 0 Å². The summed E-state index contributed by atoms with van der Waals surface area (Å²) in [6.07, 6.45) is 2.20. The van der Waals surface area contributed by atoms with Gasteiger partial charge in [-0.1, -0.05) is 121 Å². The molecule has 2 N–H and O–H groups in total. The van der Waals surface area contributed by atoms with Crippen LogP contribution in [0.1, 0.15) is 28.0 Å². The van der Waals surface area contributed by atoms with E-state index in [-0.39, 0.29) is 24.2 Å². The van der Waals surface area contributed by atoms with Gasteiger partial charge in [0.25, 0.3) is 0 Å². The molecular formula is C36H30FNO5S. The molecule has 1 heterocycles. The summed E-state index contributed by atoms with van der Waals surface area (Å²) in [5.74, 6) is -1.09. The summed E-state index contributed by atoms with van der Waals surface area (Å²) in [5.41, 5.74) is 3.25. The number of benzene rings is 4. The predicted molar refractivity (Wildman–Crippen MR) is 169 cm³/mol. The molecule has 44 heavy (non-hydrogen) atoms. The van der Waals surface area contributed by atoms with Crippen LogP contribution in [-0.2, 0) is 32.4 Å². The number of halogens is 1. The Bertz CT molecular complexity index is 1950. The molecule has 0 amide bonds. The largest absolute Gasteiger partial charge is 0.480 e. The van der Waals surface area contributed by atoms with Crippen LogP contribution < -0.4 is 4.72 Å². The number of hydrogen-bond donors (Lipinski definition) is 2. The van der Waals surface area contributed by atoms with Crippen molar-refractivity contribution >= 4 is 32.5 Å². The molecule has 5 aromatic rings. The van der Waals surface area contributed by atoms with Crippen LogP contribution in [0.15, 0.2) is 138 Å². The summed E-state index contributed by atoms with van der Waals surface area (Å²) in [7, 11) is -4.79. The highest BCUT2D eigenvalue weighted by Crippen LogP contribution is 2.48. The van der Waals surface area contributed by atoms with Crippen molar-refractivity contribution in [1.82, 2.24) is 4.72 Å². The third-order valence-corrected chi connectivity index (χ3v) is 9.99. The van der Waals surface area contributed by atoms with Crippen molar-refractivity contribution in [3.63, 3.8) is 0 Å². The smallest absolute Gasteiger partial charge is 0.322 e. The number of hydrogen-bond acceptors (Lipinski definition) is 4. The van der Waals surface area contributed by atoms with Crippen LogP contribution in [0.3, 0.4) is 0 Å². The number of alkyl halides is 1. The maximum Gasteiger partial charge on any atom is 0.322 e. The Labute approximate surface area is 255 Å². The summed E-state index contributed by atoms with van der Waals surface area (Å²) in [6.45, 7) is 0. The fourth-order valence-electron chi connectivity index (χ4n) is 5.80. The van der Waals surface area contributed by atoms with Gasteiger partial charge in [0.2, 0.25) is 10.0 Å². The summed E-state index contributed by atoms with van der Waals surface area (Å²) < 4.78 is 52.7. The quantitative estimate of drug-likeness (QED) is 0.182. The van der Waals surface area contributed by atoms with Crippen LogP contribution in [0.4, 0.5) is 4.39 Å². The minimum absolute atomic E-state index is 0.125. The summed E-state index contributed by atoms with van der Waals surface area (Å²) in [4.78, 5) is 12.4. The molecule has 0 saturated carbocycles. The second-order valence-electron chi connectivity index (χ2n) is 10.8. The lowest BCUT2D eigenvalue weighted by atomic mass is 9.83. The SMILES string of the molecule is O=C(O)C(Cc1ccccc1)NS(=O)(=O)C1(c2c(Cc3ccccc3)oc3ccccc23)C=CC(c2ccccc2)=CC1F. The van der Waals surface area contributed by atoms with Gasteiger partial charge in [0.05, 0.1) is 0 Å². The summed E-state index contributed by atoms with van der Waals surface area (Å²) in [5, 5.41) is 10.6. The van der Waals surface area contributed by atoms with Crippen molar-refractivity contribution in [3.05, 3.63) is 162 Å². The molecule has 1 aliphatic rings. The van der Waals surface area contributed by atoms with E-state index >= 15 is 4.39 Å². The third-order valence-electron chi connectivity index (χ3n) is 7.94. The normalized spacial score (nSPS) is 19.0. The summed E-state index contributed by atoms with van der Waals surface area (Å²) in [6, 6.07) is 32.5. The molecule has 0 spiro atoms. The molecule has 0 aliphatic heterocycles. The monoisotopic (exact) mass is 607 g/mol. The fraction of sp³-hybridized carbons (Fsp3) is 0.139. The molecule has 3 atom stereocenters. The first kappa shape index (κ1) is 29.3. The standard InChI is InChI=1S/C36H30FNO5S/c37-33-24-28(27-16-8-3-9-17-27)20-21-36(33,44(41,42)38-30(35(39)40)22-25-12-4-1-5-13-25)34-29-18-10-11-19-31(29)43-32(34)23-26-14-6-2-7-15-26/h1-21,24,30,33,38H,22-23H2,(H,39,40). The minimum atomic E-state index is -4.79. The second-order valence-corrected chi connectivity index (χ2v) is 12.7. The number of furan rings is 1. The molecule has 1 aromatic heterocycles. The number of rotatable bonds is 10. The van der Waals surface area contributed by atoms with Crippen molar-refractivity contribution in [2.24, 2.45) is 0 Å². The Morgan fingerprint density at radius 1 is 0.864 bits per heavy atom. The van der Waals surface area contributed by atoms with Gasteiger partial charge in [0.15, 0.2) is 4.75 Å². The molecule has 0 radical (unpaired) electrons. The highest BCUT2D eigenvalue weighted by Gasteiger charge is 2.55. The van der Waals surface area contributed by atoms with E-state index in [2.05, 4.69) is 4.72 Å². The van der Waals surface area contributed by atoms with E-state index in [4.69, 9.17) is 4.42 Å². The lowest BCUT2D eigenvalue weighted by molar-refractivity contribution is -0.138. The summed E-state index contributed by atoms with van der Waals surface area (Å²) >= 11 is 0. The Morgan fingerprint density at radius 2 is 1.45 bits per heavy atom. The number of allylic oxidation sites excluding steroid dienone is 3. The molecule has 0 saturated heterocycles. The van der Waals surface area contributed by atoms with Crippen LogP contribution in [0, 0.1) is 0 Å². The van der Waals surface area contributed by atoms with Gasteiger partial charge in [-0.2, -0.15) is 4.72 Å². The third kappa shape index (κ3) is 5.50. The highest BCUT2D eigenvalue weighted by atomic mass is 32.2. The number of fused-ring (bicyclic) bond motifs is 1. The highest BCUT2D eigenvalue weighted by molar-refractivity contribution is 7.90. The number of aliphatic carboxylic acids is 1. The molecule has 0 fully saturated rings. The molecule has 8 heteroatoms. The molecule has 222 valence electrons. The maximum absolute atomic E-state index is 17.1. The number of para-hydroxylation sites is 1. The number of carbonyl (C=O) groups is 1. The van der Waals surface area contributed by atoms with Crippen LogP contribution in [0.5, 0.6) is 0 Å². The van der Waals surface area contributed by atoms with Gasteiger partial charge in [-0.3, -0.25) is 4.79 Å². The number of sulfonamides is 1. The van der Waals surface area contributed by atoms with Gasteiger partial charge in [0.1, 0.15) is 23.6 Å². The van der Waals surface area contributed by atoms with Gasteiger partial charge in [-0.05, 0) is 40.8 Å². The van der Waals surface area contributed by atoms with E-state index in [9.17, 15) is 18.3 Å². The average Bonchev–Trinajstić information content (AvgIpc) is 3.40. The molecule has 1 aliphatic carbocycles. The van der Waals surface area contributed by atoms with Gasteiger partial charge in [0, 0.05) is 17.4 Å². The Hall–Kier alpha value is -4.79. The lowest BCUT2D eigenvalue weighted by Crippen LogP contribution is -2.54. The van der Waals surface area contributed by atoms with E-state index < -0.39 is 33.0 Å². The van der Waals surface area contributed by atoms with E-state index in [1.54, 1.807) is 60.7 Å². The second kappa shape index (κ2) is 12.1. The molecule has 0 bridgehead atoms. The van der Waals surface area contributed by atoms with E-state index in [0.29, 0.717) is 22.1 Å². The number of nitrogens with one attached hydrogen (secondary N) is 1. The minimum Gasteiger partial charge on any atom is -0.480 e. The van der Waals surface area contributed by atoms with Crippen molar-refractivity contribution in [2.45, 2.75) is 29.8 Å². The van der Waals surface area contributed by atoms with Gasteiger partial charge in [-0.15, -0.1) is 0 Å². The predicted octanol–water partition coefficient (Wildman–Crippen LogP) is 6.83. The van der Waals surface area contributed by atoms with Crippen LogP contribution in [-0.4, -0.2) is 31.7 Å². The van der Waals surface area contributed by atoms with Crippen molar-refractivity contribution in [1.29, 1.82) is 0 Å². The first-order chi connectivity index (χ1) is 21.3. The van der Waals surface area contributed by atoms with Crippen molar-refractivity contribution in [2.75, 3.05) is 0 Å². The van der Waals surface area contributed by atoms with E-state index in [1.165, 1.54) is 12.2 Å². The number of carboxylic acids is 1. The van der Waals surface area contributed by atoms with E-state index in [0.717, 1.165) is 11.1 Å². The first-order valence-corrected chi connectivity index (χ1v) is 15.7. The molecule has 4 aromatic carbocycles. The zero-order chi connectivity index (χ0) is 30.7. The average molecular weight is 608 g/mol. The molecular weight excluding hydrogens is 577 g/mol. The first-order valence-electron chi connectivity index (χ1n) is 14.2. The topological polar surface area (TPSA) is 96.6 Å². The van der Waals surface area contributed by atoms with E-state index in [1.807, 2.05) is 60.7 Å². The Morgan fingerprint density at radius 3 is 2.09 bits per heavy atom.